The van der Waals surface area contributed by atoms with Gasteiger partial charge in [0.25, 0.3) is 0 Å². The van der Waals surface area contributed by atoms with Gasteiger partial charge in [-0.25, -0.2) is 8.78 Å². The third-order valence-electron chi connectivity index (χ3n) is 5.37. The van der Waals surface area contributed by atoms with E-state index in [4.69, 9.17) is 9.47 Å². The standard InChI is InChI=1S/C21H22BrF2NO2/c22-14-1-5-17(6-2-14)27-18-9-10-25(12-18)16-4-8-21(26-13-16)19-11-15(23)3-7-20(19)24/h1-3,5-7,11,16,18,21H,4,8-10,12-13H2/t16-,18+,21+/m1/s1. The first-order valence-electron chi connectivity index (χ1n) is 9.31. The quantitative estimate of drug-likeness (QED) is 0.663. The van der Waals surface area contributed by atoms with Crippen LogP contribution in [0.5, 0.6) is 5.75 Å². The second-order valence-electron chi connectivity index (χ2n) is 7.20. The number of nitrogens with zero attached hydrogens (tertiary/aromatic N) is 1. The molecule has 2 aliphatic heterocycles. The lowest BCUT2D eigenvalue weighted by Gasteiger charge is -2.35. The van der Waals surface area contributed by atoms with Crippen molar-refractivity contribution in [3.8, 4) is 5.75 Å². The first kappa shape index (κ1) is 18.8. The lowest BCUT2D eigenvalue weighted by molar-refractivity contribution is -0.0361. The smallest absolute Gasteiger partial charge is 0.129 e. The maximum absolute atomic E-state index is 14.0. The fraction of sp³-hybridized carbons (Fsp3) is 0.429. The minimum atomic E-state index is -0.426. The van der Waals surface area contributed by atoms with Crippen molar-refractivity contribution in [2.75, 3.05) is 19.7 Å². The summed E-state index contributed by atoms with van der Waals surface area (Å²) < 4.78 is 40.4. The van der Waals surface area contributed by atoms with Gasteiger partial charge in [-0.1, -0.05) is 15.9 Å². The van der Waals surface area contributed by atoms with E-state index < -0.39 is 11.6 Å². The van der Waals surface area contributed by atoms with Crippen LogP contribution in [0.4, 0.5) is 8.78 Å². The fourth-order valence-corrected chi connectivity index (χ4v) is 4.18. The Hall–Kier alpha value is -1.50. The Morgan fingerprint density at radius 2 is 1.85 bits per heavy atom. The lowest BCUT2D eigenvalue weighted by Crippen LogP contribution is -2.41. The molecule has 3 nitrogen and oxygen atoms in total. The van der Waals surface area contributed by atoms with Gasteiger partial charge in [0, 0.05) is 29.2 Å². The van der Waals surface area contributed by atoms with E-state index in [9.17, 15) is 8.78 Å². The van der Waals surface area contributed by atoms with Gasteiger partial charge < -0.3 is 9.47 Å². The van der Waals surface area contributed by atoms with Gasteiger partial charge in [0.05, 0.1) is 12.7 Å². The molecule has 0 unspecified atom stereocenters. The molecule has 27 heavy (non-hydrogen) atoms. The van der Waals surface area contributed by atoms with Crippen LogP contribution >= 0.6 is 15.9 Å². The molecule has 2 aromatic rings. The summed E-state index contributed by atoms with van der Waals surface area (Å²) in [6, 6.07) is 11.7. The van der Waals surface area contributed by atoms with Crippen LogP contribution in [0.15, 0.2) is 46.9 Å². The van der Waals surface area contributed by atoms with Gasteiger partial charge in [-0.3, -0.25) is 4.90 Å². The Balaban J connectivity index is 1.30. The molecular formula is C21H22BrF2NO2. The summed E-state index contributed by atoms with van der Waals surface area (Å²) in [5.41, 5.74) is 0.325. The maximum Gasteiger partial charge on any atom is 0.129 e. The monoisotopic (exact) mass is 437 g/mol. The number of hydrogen-bond acceptors (Lipinski definition) is 3. The van der Waals surface area contributed by atoms with Crippen molar-refractivity contribution in [3.05, 3.63) is 64.1 Å². The molecule has 0 spiro atoms. The highest BCUT2D eigenvalue weighted by atomic mass is 79.9. The lowest BCUT2D eigenvalue weighted by atomic mass is 9.98. The summed E-state index contributed by atoms with van der Waals surface area (Å²) in [7, 11) is 0. The minimum absolute atomic E-state index is 0.171. The van der Waals surface area contributed by atoms with Crippen molar-refractivity contribution < 1.29 is 18.3 Å². The third-order valence-corrected chi connectivity index (χ3v) is 5.89. The zero-order valence-corrected chi connectivity index (χ0v) is 16.5. The highest BCUT2D eigenvalue weighted by Gasteiger charge is 2.33. The number of rotatable bonds is 4. The molecule has 0 amide bonds. The number of hydrogen-bond donors (Lipinski definition) is 0. The zero-order chi connectivity index (χ0) is 18.8. The van der Waals surface area contributed by atoms with Crippen molar-refractivity contribution in [1.82, 2.24) is 4.90 Å². The van der Waals surface area contributed by atoms with Gasteiger partial charge in [-0.2, -0.15) is 0 Å². The number of benzene rings is 2. The Morgan fingerprint density at radius 3 is 2.59 bits per heavy atom. The summed E-state index contributed by atoms with van der Waals surface area (Å²) >= 11 is 3.43. The molecule has 2 heterocycles. The van der Waals surface area contributed by atoms with E-state index in [0.29, 0.717) is 24.6 Å². The Bertz CT molecular complexity index is 778. The highest BCUT2D eigenvalue weighted by molar-refractivity contribution is 9.10. The zero-order valence-electron chi connectivity index (χ0n) is 14.9. The molecule has 0 bridgehead atoms. The van der Waals surface area contributed by atoms with Crippen molar-refractivity contribution in [2.24, 2.45) is 0 Å². The molecule has 3 atom stereocenters. The van der Waals surface area contributed by atoms with Gasteiger partial charge in [0.1, 0.15) is 23.5 Å². The van der Waals surface area contributed by atoms with Crippen molar-refractivity contribution in [2.45, 2.75) is 37.5 Å². The molecular weight excluding hydrogens is 416 g/mol. The van der Waals surface area contributed by atoms with Crippen LogP contribution in [0.1, 0.15) is 30.9 Å². The first-order valence-corrected chi connectivity index (χ1v) is 10.1. The van der Waals surface area contributed by atoms with Gasteiger partial charge in [0.15, 0.2) is 0 Å². The summed E-state index contributed by atoms with van der Waals surface area (Å²) in [6.07, 6.45) is 2.39. The van der Waals surface area contributed by atoms with Crippen molar-refractivity contribution in [1.29, 1.82) is 0 Å². The SMILES string of the molecule is Fc1ccc(F)c([C@@H]2CC[C@@H](N3CC[C@H](Oc4ccc(Br)cc4)C3)CO2)c1. The van der Waals surface area contributed by atoms with E-state index in [1.165, 1.54) is 12.1 Å². The molecule has 0 aromatic heterocycles. The largest absolute Gasteiger partial charge is 0.489 e. The van der Waals surface area contributed by atoms with Gasteiger partial charge in [-0.15, -0.1) is 0 Å². The van der Waals surface area contributed by atoms with Crippen molar-refractivity contribution in [3.63, 3.8) is 0 Å². The summed E-state index contributed by atoms with van der Waals surface area (Å²) in [5, 5.41) is 0. The molecule has 0 saturated carbocycles. The van der Waals surface area contributed by atoms with Gasteiger partial charge in [-0.05, 0) is 61.7 Å². The average Bonchev–Trinajstić information content (AvgIpc) is 3.14. The third kappa shape index (κ3) is 4.50. The van der Waals surface area contributed by atoms with E-state index >= 15 is 0 Å². The number of ether oxygens (including phenoxy) is 2. The molecule has 6 heteroatoms. The Kier molecular flexibility index (Phi) is 5.76. The Morgan fingerprint density at radius 1 is 1.04 bits per heavy atom. The first-order chi connectivity index (χ1) is 13.1. The predicted molar refractivity (Wildman–Crippen MR) is 103 cm³/mol. The summed E-state index contributed by atoms with van der Waals surface area (Å²) in [5.74, 6) is 0.0557. The van der Waals surface area contributed by atoms with E-state index in [0.717, 1.165) is 42.2 Å². The van der Waals surface area contributed by atoms with E-state index in [-0.39, 0.29) is 12.2 Å². The molecule has 2 saturated heterocycles. The predicted octanol–water partition coefficient (Wildman–Crippen LogP) is 5.10. The van der Waals surface area contributed by atoms with Gasteiger partial charge in [0.2, 0.25) is 0 Å². The van der Waals surface area contributed by atoms with Gasteiger partial charge >= 0.3 is 0 Å². The summed E-state index contributed by atoms with van der Waals surface area (Å²) in [4.78, 5) is 2.39. The second-order valence-corrected chi connectivity index (χ2v) is 8.11. The highest BCUT2D eigenvalue weighted by Crippen LogP contribution is 2.33. The van der Waals surface area contributed by atoms with Crippen LogP contribution in [-0.2, 0) is 4.74 Å². The average molecular weight is 438 g/mol. The van der Waals surface area contributed by atoms with E-state index in [1.54, 1.807) is 0 Å². The molecule has 0 radical (unpaired) electrons. The van der Waals surface area contributed by atoms with Crippen LogP contribution in [-0.4, -0.2) is 36.7 Å². The Labute approximate surface area is 166 Å². The molecule has 2 aliphatic rings. The maximum atomic E-state index is 14.0. The molecule has 144 valence electrons. The fourth-order valence-electron chi connectivity index (χ4n) is 3.92. The van der Waals surface area contributed by atoms with Crippen LogP contribution in [0, 0.1) is 11.6 Å². The molecule has 4 rings (SSSR count). The molecule has 0 aliphatic carbocycles. The normalized spacial score (nSPS) is 26.3. The van der Waals surface area contributed by atoms with Crippen LogP contribution < -0.4 is 4.74 Å². The van der Waals surface area contributed by atoms with E-state index in [2.05, 4.69) is 20.8 Å². The molecule has 2 fully saturated rings. The summed E-state index contributed by atoms with van der Waals surface area (Å²) in [6.45, 7) is 2.36. The topological polar surface area (TPSA) is 21.7 Å². The van der Waals surface area contributed by atoms with E-state index in [1.807, 2.05) is 24.3 Å². The molecule has 2 aromatic carbocycles. The minimum Gasteiger partial charge on any atom is -0.489 e. The van der Waals surface area contributed by atoms with Crippen LogP contribution in [0.3, 0.4) is 0 Å². The van der Waals surface area contributed by atoms with Crippen LogP contribution in [0.25, 0.3) is 0 Å². The van der Waals surface area contributed by atoms with Crippen LogP contribution in [0.2, 0.25) is 0 Å². The van der Waals surface area contributed by atoms with Crippen molar-refractivity contribution >= 4 is 15.9 Å². The number of likely N-dealkylation sites (tertiary alicyclic amines) is 1. The number of halogens is 3. The second kappa shape index (κ2) is 8.25. The molecule has 0 N–H and O–H groups in total.